The van der Waals surface area contributed by atoms with Crippen molar-refractivity contribution in [2.45, 2.75) is 26.3 Å². The molecule has 1 aromatic rings. The predicted octanol–water partition coefficient (Wildman–Crippen LogP) is 1.81. The van der Waals surface area contributed by atoms with Gasteiger partial charge in [-0.1, -0.05) is 6.92 Å². The molecule has 4 nitrogen and oxygen atoms in total. The van der Waals surface area contributed by atoms with Gasteiger partial charge in [0.1, 0.15) is 6.04 Å². The first kappa shape index (κ1) is 11.5. The van der Waals surface area contributed by atoms with E-state index in [2.05, 4.69) is 0 Å². The predicted molar refractivity (Wildman–Crippen MR) is 55.8 cm³/mol. The summed E-state index contributed by atoms with van der Waals surface area (Å²) in [6.07, 6.45) is 3.22. The molecule has 1 rings (SSSR count). The lowest BCUT2D eigenvalue weighted by molar-refractivity contribution is -0.147. The number of carbonyl (C=O) groups is 2. The van der Waals surface area contributed by atoms with Crippen LogP contribution in [0.5, 0.6) is 0 Å². The maximum absolute atomic E-state index is 11.5. The third-order valence-corrected chi connectivity index (χ3v) is 2.14. The number of hydrogen-bond acceptors (Lipinski definition) is 3. The summed E-state index contributed by atoms with van der Waals surface area (Å²) in [5, 5.41) is 0. The number of nitrogens with zero attached hydrogens (tertiary/aromatic N) is 1. The minimum atomic E-state index is -0.452. The van der Waals surface area contributed by atoms with Crippen LogP contribution in [0.3, 0.4) is 0 Å². The first-order valence-electron chi connectivity index (χ1n) is 4.99. The highest BCUT2D eigenvalue weighted by Crippen LogP contribution is 2.11. The van der Waals surface area contributed by atoms with E-state index in [1.165, 1.54) is 0 Å². The van der Waals surface area contributed by atoms with Crippen molar-refractivity contribution in [3.05, 3.63) is 24.0 Å². The van der Waals surface area contributed by atoms with E-state index in [0.717, 1.165) is 12.7 Å². The molecule has 1 atom stereocenters. The van der Waals surface area contributed by atoms with Crippen molar-refractivity contribution in [3.63, 3.8) is 0 Å². The van der Waals surface area contributed by atoms with E-state index >= 15 is 0 Å². The number of ether oxygens (including phenoxy) is 1. The minimum Gasteiger partial charge on any atom is -0.464 e. The Labute approximate surface area is 88.8 Å². The molecule has 0 N–H and O–H groups in total. The Morgan fingerprint density at radius 1 is 1.67 bits per heavy atom. The van der Waals surface area contributed by atoms with Crippen LogP contribution < -0.4 is 0 Å². The molecule has 1 heterocycles. The normalized spacial score (nSPS) is 12.1. The zero-order chi connectivity index (χ0) is 11.3. The Hall–Kier alpha value is -1.58. The first-order chi connectivity index (χ1) is 7.20. The van der Waals surface area contributed by atoms with Crippen molar-refractivity contribution in [1.29, 1.82) is 0 Å². The molecule has 0 saturated carbocycles. The topological polar surface area (TPSA) is 48.3 Å². The zero-order valence-corrected chi connectivity index (χ0v) is 8.97. The molecule has 1 unspecified atom stereocenters. The summed E-state index contributed by atoms with van der Waals surface area (Å²) >= 11 is 0. The van der Waals surface area contributed by atoms with Gasteiger partial charge in [-0.25, -0.2) is 4.79 Å². The maximum Gasteiger partial charge on any atom is 0.328 e. The van der Waals surface area contributed by atoms with Crippen LogP contribution in [0.25, 0.3) is 0 Å². The third kappa shape index (κ3) is 2.68. The maximum atomic E-state index is 11.5. The van der Waals surface area contributed by atoms with Crippen molar-refractivity contribution in [1.82, 2.24) is 4.57 Å². The number of esters is 1. The van der Waals surface area contributed by atoms with Gasteiger partial charge in [0.2, 0.25) is 0 Å². The van der Waals surface area contributed by atoms with Gasteiger partial charge < -0.3 is 9.30 Å². The molecule has 0 aliphatic heterocycles. The van der Waals surface area contributed by atoms with Gasteiger partial charge in [0.15, 0.2) is 6.29 Å². The Bertz CT molecular complexity index is 343. The van der Waals surface area contributed by atoms with Crippen LogP contribution in [0, 0.1) is 0 Å². The van der Waals surface area contributed by atoms with E-state index in [1.54, 1.807) is 29.8 Å². The number of carbonyl (C=O) groups excluding carboxylic acids is 2. The molecule has 82 valence electrons. The van der Waals surface area contributed by atoms with Gasteiger partial charge in [0.25, 0.3) is 0 Å². The molecular weight excluding hydrogens is 194 g/mol. The van der Waals surface area contributed by atoms with Gasteiger partial charge in [-0.05, 0) is 25.5 Å². The van der Waals surface area contributed by atoms with Gasteiger partial charge in [-0.3, -0.25) is 4.79 Å². The minimum absolute atomic E-state index is 0.309. The quantitative estimate of drug-likeness (QED) is 0.549. The standard InChI is InChI=1S/C11H15NO3/c1-3-7-15-11(14)9(2)12-6-4-5-10(12)8-13/h4-6,8-9H,3,7H2,1-2H3. The highest BCUT2D eigenvalue weighted by Gasteiger charge is 2.17. The second kappa shape index (κ2) is 5.34. The van der Waals surface area contributed by atoms with Crippen LogP contribution in [0.15, 0.2) is 18.3 Å². The molecule has 0 amide bonds. The zero-order valence-electron chi connectivity index (χ0n) is 8.97. The van der Waals surface area contributed by atoms with Gasteiger partial charge >= 0.3 is 5.97 Å². The molecule has 1 aromatic heterocycles. The van der Waals surface area contributed by atoms with Crippen LogP contribution >= 0.6 is 0 Å². The second-order valence-electron chi connectivity index (χ2n) is 3.30. The van der Waals surface area contributed by atoms with Crippen LogP contribution in [0.2, 0.25) is 0 Å². The number of rotatable bonds is 5. The fourth-order valence-electron chi connectivity index (χ4n) is 1.30. The second-order valence-corrected chi connectivity index (χ2v) is 3.30. The Balaban J connectivity index is 2.71. The smallest absolute Gasteiger partial charge is 0.328 e. The van der Waals surface area contributed by atoms with E-state index in [1.807, 2.05) is 6.92 Å². The average Bonchev–Trinajstić information content (AvgIpc) is 2.72. The van der Waals surface area contributed by atoms with Gasteiger partial charge in [0.05, 0.1) is 12.3 Å². The molecule has 0 bridgehead atoms. The summed E-state index contributed by atoms with van der Waals surface area (Å²) < 4.78 is 6.60. The Morgan fingerprint density at radius 2 is 2.40 bits per heavy atom. The van der Waals surface area contributed by atoms with Crippen molar-refractivity contribution >= 4 is 12.3 Å². The van der Waals surface area contributed by atoms with Gasteiger partial charge in [-0.15, -0.1) is 0 Å². The monoisotopic (exact) mass is 209 g/mol. The number of aromatic nitrogens is 1. The van der Waals surface area contributed by atoms with Crippen molar-refractivity contribution < 1.29 is 14.3 Å². The molecule has 0 fully saturated rings. The highest BCUT2D eigenvalue weighted by atomic mass is 16.5. The van der Waals surface area contributed by atoms with E-state index in [0.29, 0.717) is 12.3 Å². The van der Waals surface area contributed by atoms with E-state index in [9.17, 15) is 9.59 Å². The van der Waals surface area contributed by atoms with Crippen molar-refractivity contribution in [3.8, 4) is 0 Å². The molecule has 0 radical (unpaired) electrons. The lowest BCUT2D eigenvalue weighted by Crippen LogP contribution is -2.20. The summed E-state index contributed by atoms with van der Waals surface area (Å²) in [5.74, 6) is -0.309. The fourth-order valence-corrected chi connectivity index (χ4v) is 1.30. The molecule has 0 aliphatic carbocycles. The summed E-state index contributed by atoms with van der Waals surface area (Å²) in [4.78, 5) is 22.2. The van der Waals surface area contributed by atoms with E-state index in [4.69, 9.17) is 4.74 Å². The molecule has 4 heteroatoms. The number of aldehydes is 1. The highest BCUT2D eigenvalue weighted by molar-refractivity contribution is 5.77. The number of hydrogen-bond donors (Lipinski definition) is 0. The summed E-state index contributed by atoms with van der Waals surface area (Å²) in [6.45, 7) is 4.07. The summed E-state index contributed by atoms with van der Waals surface area (Å²) in [6, 6.07) is 2.94. The summed E-state index contributed by atoms with van der Waals surface area (Å²) in [5.41, 5.74) is 0.482. The third-order valence-electron chi connectivity index (χ3n) is 2.14. The Kier molecular flexibility index (Phi) is 4.09. The SMILES string of the molecule is CCCOC(=O)C(C)n1cccc1C=O. The Morgan fingerprint density at radius 3 is 3.00 bits per heavy atom. The summed E-state index contributed by atoms with van der Waals surface area (Å²) in [7, 11) is 0. The van der Waals surface area contributed by atoms with Crippen molar-refractivity contribution in [2.75, 3.05) is 6.61 Å². The van der Waals surface area contributed by atoms with Crippen LogP contribution in [-0.4, -0.2) is 23.4 Å². The van der Waals surface area contributed by atoms with Crippen molar-refractivity contribution in [2.24, 2.45) is 0 Å². The van der Waals surface area contributed by atoms with Gasteiger partial charge in [0, 0.05) is 6.20 Å². The van der Waals surface area contributed by atoms with Gasteiger partial charge in [-0.2, -0.15) is 0 Å². The molecule has 0 spiro atoms. The molecule has 0 aromatic carbocycles. The molecule has 0 saturated heterocycles. The van der Waals surface area contributed by atoms with E-state index in [-0.39, 0.29) is 5.97 Å². The molecule has 15 heavy (non-hydrogen) atoms. The van der Waals surface area contributed by atoms with Crippen LogP contribution in [0.4, 0.5) is 0 Å². The van der Waals surface area contributed by atoms with E-state index < -0.39 is 6.04 Å². The lowest BCUT2D eigenvalue weighted by Gasteiger charge is -2.14. The molecular formula is C11H15NO3. The molecule has 0 aliphatic rings. The average molecular weight is 209 g/mol. The fraction of sp³-hybridized carbons (Fsp3) is 0.455. The van der Waals surface area contributed by atoms with Crippen LogP contribution in [-0.2, 0) is 9.53 Å². The largest absolute Gasteiger partial charge is 0.464 e. The first-order valence-corrected chi connectivity index (χ1v) is 4.99. The van der Waals surface area contributed by atoms with Crippen LogP contribution in [0.1, 0.15) is 36.8 Å². The lowest BCUT2D eigenvalue weighted by atomic mass is 10.3.